The second-order valence-electron chi connectivity index (χ2n) is 11.6. The monoisotopic (exact) mass is 350 g/mol. The highest BCUT2D eigenvalue weighted by atomic mass is 28.4. The minimum absolute atomic E-state index is 0.113. The van der Waals surface area contributed by atoms with Crippen molar-refractivity contribution in [3.8, 4) is 0 Å². The van der Waals surface area contributed by atoms with Gasteiger partial charge in [-0.05, 0) is 60.6 Å². The maximum Gasteiger partial charge on any atom is 0.192 e. The number of ketones is 1. The summed E-state index contributed by atoms with van der Waals surface area (Å²) in [6.45, 7) is 20.9. The third-order valence-electron chi connectivity index (χ3n) is 8.75. The Hall–Kier alpha value is -0.153. The SMILES string of the molecule is CC1(C)C[C@H]2C[C@@]3(C)[C@@H](O[Si](C)(C)C(C)(C)C)CC[C@@]3(C)C2C1=O. The molecule has 138 valence electrons. The van der Waals surface area contributed by atoms with Gasteiger partial charge in [-0.1, -0.05) is 48.5 Å². The van der Waals surface area contributed by atoms with Gasteiger partial charge in [0.05, 0.1) is 6.10 Å². The van der Waals surface area contributed by atoms with Gasteiger partial charge < -0.3 is 4.43 Å². The van der Waals surface area contributed by atoms with Crippen LogP contribution in [0.15, 0.2) is 0 Å². The smallest absolute Gasteiger partial charge is 0.192 e. The van der Waals surface area contributed by atoms with Crippen LogP contribution in [0.25, 0.3) is 0 Å². The van der Waals surface area contributed by atoms with E-state index in [2.05, 4.69) is 61.6 Å². The molecule has 3 saturated carbocycles. The van der Waals surface area contributed by atoms with Crippen LogP contribution in [0.4, 0.5) is 0 Å². The van der Waals surface area contributed by atoms with E-state index in [0.29, 0.717) is 17.8 Å². The largest absolute Gasteiger partial charge is 0.413 e. The van der Waals surface area contributed by atoms with Crippen molar-refractivity contribution in [1.82, 2.24) is 0 Å². The molecule has 3 rings (SSSR count). The van der Waals surface area contributed by atoms with Crippen LogP contribution in [0.5, 0.6) is 0 Å². The van der Waals surface area contributed by atoms with Crippen molar-refractivity contribution in [1.29, 1.82) is 0 Å². The zero-order valence-electron chi connectivity index (χ0n) is 17.4. The molecule has 2 nitrogen and oxygen atoms in total. The highest BCUT2D eigenvalue weighted by Crippen LogP contribution is 2.72. The maximum atomic E-state index is 13.1. The van der Waals surface area contributed by atoms with Crippen molar-refractivity contribution in [3.05, 3.63) is 0 Å². The molecule has 0 heterocycles. The van der Waals surface area contributed by atoms with Crippen LogP contribution in [0.3, 0.4) is 0 Å². The van der Waals surface area contributed by atoms with E-state index in [1.807, 2.05) is 0 Å². The molecule has 3 aliphatic rings. The lowest BCUT2D eigenvalue weighted by atomic mass is 9.64. The third kappa shape index (κ3) is 2.26. The third-order valence-corrected chi connectivity index (χ3v) is 13.2. The number of hydrogen-bond donors (Lipinski definition) is 0. The van der Waals surface area contributed by atoms with Crippen molar-refractivity contribution in [3.63, 3.8) is 0 Å². The fraction of sp³-hybridized carbons (Fsp3) is 0.952. The molecule has 24 heavy (non-hydrogen) atoms. The molecule has 3 heteroatoms. The van der Waals surface area contributed by atoms with Crippen LogP contribution < -0.4 is 0 Å². The first kappa shape index (κ1) is 18.6. The number of hydrogen-bond acceptors (Lipinski definition) is 2. The highest BCUT2D eigenvalue weighted by Gasteiger charge is 2.70. The summed E-state index contributed by atoms with van der Waals surface area (Å²) in [7, 11) is -1.78. The topological polar surface area (TPSA) is 26.3 Å². The van der Waals surface area contributed by atoms with Crippen molar-refractivity contribution in [2.24, 2.45) is 28.1 Å². The molecule has 0 aromatic heterocycles. The summed E-state index contributed by atoms with van der Waals surface area (Å²) in [6, 6.07) is 0. The molecular formula is C21H38O2Si. The lowest BCUT2D eigenvalue weighted by molar-refractivity contribution is -0.132. The summed E-state index contributed by atoms with van der Waals surface area (Å²) in [5.41, 5.74) is 0.192. The van der Waals surface area contributed by atoms with Gasteiger partial charge in [0.25, 0.3) is 0 Å². The van der Waals surface area contributed by atoms with Gasteiger partial charge in [-0.25, -0.2) is 0 Å². The van der Waals surface area contributed by atoms with E-state index >= 15 is 0 Å². The van der Waals surface area contributed by atoms with Gasteiger partial charge in [0, 0.05) is 11.3 Å². The molecule has 0 amide bonds. The molecule has 0 bridgehead atoms. The Balaban J connectivity index is 1.90. The lowest BCUT2D eigenvalue weighted by Crippen LogP contribution is -2.49. The second kappa shape index (κ2) is 4.97. The molecule has 0 saturated heterocycles. The zero-order valence-corrected chi connectivity index (χ0v) is 18.4. The average molecular weight is 351 g/mol. The Labute approximate surface area is 150 Å². The summed E-state index contributed by atoms with van der Waals surface area (Å²) < 4.78 is 6.93. The summed E-state index contributed by atoms with van der Waals surface area (Å²) in [5.74, 6) is 1.38. The lowest BCUT2D eigenvalue weighted by Gasteiger charge is -2.46. The van der Waals surface area contributed by atoms with E-state index in [1.165, 1.54) is 6.42 Å². The van der Waals surface area contributed by atoms with E-state index in [9.17, 15) is 4.79 Å². The van der Waals surface area contributed by atoms with Gasteiger partial charge in [-0.3, -0.25) is 4.79 Å². The van der Waals surface area contributed by atoms with Gasteiger partial charge >= 0.3 is 0 Å². The normalized spacial score (nSPS) is 44.7. The first-order chi connectivity index (χ1) is 10.7. The Morgan fingerprint density at radius 3 is 2.17 bits per heavy atom. The summed E-state index contributed by atoms with van der Waals surface area (Å²) in [4.78, 5) is 13.1. The molecule has 0 aliphatic heterocycles. The summed E-state index contributed by atoms with van der Waals surface area (Å²) in [6.07, 6.45) is 4.89. The van der Waals surface area contributed by atoms with Crippen molar-refractivity contribution >= 4 is 14.1 Å². The molecule has 1 unspecified atom stereocenters. The Kier molecular flexibility index (Phi) is 3.86. The fourth-order valence-corrected chi connectivity index (χ4v) is 7.50. The van der Waals surface area contributed by atoms with Crippen LogP contribution in [-0.2, 0) is 9.22 Å². The molecule has 0 aromatic carbocycles. The fourth-order valence-electron chi connectivity index (χ4n) is 6.05. The van der Waals surface area contributed by atoms with Crippen LogP contribution in [0.2, 0.25) is 18.1 Å². The Morgan fingerprint density at radius 2 is 1.62 bits per heavy atom. The molecule has 0 N–H and O–H groups in total. The van der Waals surface area contributed by atoms with E-state index in [1.54, 1.807) is 0 Å². The highest BCUT2D eigenvalue weighted by molar-refractivity contribution is 6.74. The molecule has 3 fully saturated rings. The molecule has 3 aliphatic carbocycles. The van der Waals surface area contributed by atoms with Gasteiger partial charge in [0.2, 0.25) is 0 Å². The van der Waals surface area contributed by atoms with Crippen LogP contribution in [-0.4, -0.2) is 20.2 Å². The molecule has 0 spiro atoms. The summed E-state index contributed by atoms with van der Waals surface area (Å²) in [5, 5.41) is 0.245. The van der Waals surface area contributed by atoms with E-state index in [4.69, 9.17) is 4.43 Å². The van der Waals surface area contributed by atoms with E-state index in [-0.39, 0.29) is 27.2 Å². The predicted molar refractivity (Wildman–Crippen MR) is 103 cm³/mol. The summed E-state index contributed by atoms with van der Waals surface area (Å²) >= 11 is 0. The van der Waals surface area contributed by atoms with Crippen molar-refractivity contribution < 1.29 is 9.22 Å². The first-order valence-corrected chi connectivity index (χ1v) is 12.8. The van der Waals surface area contributed by atoms with Gasteiger partial charge in [0.1, 0.15) is 5.78 Å². The number of Topliss-reactive ketones (excluding diaryl/α,β-unsaturated/α-hetero) is 1. The number of fused-ring (bicyclic) bond motifs is 3. The molecule has 0 radical (unpaired) electrons. The predicted octanol–water partition coefficient (Wildman–Crippen LogP) is 5.82. The second-order valence-corrected chi connectivity index (χ2v) is 16.4. The minimum atomic E-state index is -1.78. The maximum absolute atomic E-state index is 13.1. The molecule has 0 aromatic rings. The number of carbonyl (C=O) groups excluding carboxylic acids is 1. The van der Waals surface area contributed by atoms with E-state index < -0.39 is 8.32 Å². The Bertz CT molecular complexity index is 559. The van der Waals surface area contributed by atoms with Crippen LogP contribution >= 0.6 is 0 Å². The van der Waals surface area contributed by atoms with Gasteiger partial charge in [-0.2, -0.15) is 0 Å². The van der Waals surface area contributed by atoms with Crippen LogP contribution in [0.1, 0.15) is 74.1 Å². The Morgan fingerprint density at radius 1 is 1.04 bits per heavy atom. The average Bonchev–Trinajstić information content (AvgIpc) is 2.83. The quantitative estimate of drug-likeness (QED) is 0.587. The molecule has 5 atom stereocenters. The van der Waals surface area contributed by atoms with E-state index in [0.717, 1.165) is 19.3 Å². The standard InChI is InChI=1S/C21H38O2Si/c1-18(2,3)24(8,9)23-15-10-11-20(6)16-14(13-21(15,20)7)12-19(4,5)17(16)22/h14-16H,10-13H2,1-9H3/t14-,15-,16?,20-,21-/m0/s1. The van der Waals surface area contributed by atoms with Gasteiger partial charge in [0.15, 0.2) is 8.32 Å². The van der Waals surface area contributed by atoms with Gasteiger partial charge in [-0.15, -0.1) is 0 Å². The van der Waals surface area contributed by atoms with Crippen molar-refractivity contribution in [2.45, 2.75) is 98.4 Å². The zero-order chi connectivity index (χ0) is 18.3. The van der Waals surface area contributed by atoms with Crippen LogP contribution in [0, 0.1) is 28.1 Å². The van der Waals surface area contributed by atoms with Crippen molar-refractivity contribution in [2.75, 3.05) is 0 Å². The number of rotatable bonds is 2. The first-order valence-electron chi connectivity index (χ1n) is 9.88. The number of carbonyl (C=O) groups is 1. The minimum Gasteiger partial charge on any atom is -0.413 e. The molecular weight excluding hydrogens is 312 g/mol.